The van der Waals surface area contributed by atoms with E-state index in [4.69, 9.17) is 4.74 Å². The highest BCUT2D eigenvalue weighted by atomic mass is 16.5. The van der Waals surface area contributed by atoms with E-state index in [0.29, 0.717) is 12.6 Å². The van der Waals surface area contributed by atoms with Crippen LogP contribution in [-0.4, -0.2) is 53.6 Å². The summed E-state index contributed by atoms with van der Waals surface area (Å²) >= 11 is 0. The van der Waals surface area contributed by atoms with Gasteiger partial charge in [-0.05, 0) is 32.0 Å². The molecule has 25 heavy (non-hydrogen) atoms. The maximum absolute atomic E-state index is 12.2. The van der Waals surface area contributed by atoms with Crippen molar-refractivity contribution in [3.05, 3.63) is 24.5 Å². The average molecular weight is 344 g/mol. The molecule has 1 fully saturated rings. The number of imidazole rings is 1. The lowest BCUT2D eigenvalue weighted by Crippen LogP contribution is -2.40. The molecule has 1 amide bonds. The van der Waals surface area contributed by atoms with E-state index < -0.39 is 0 Å². The van der Waals surface area contributed by atoms with Crippen LogP contribution in [0.1, 0.15) is 32.1 Å². The molecule has 1 N–H and O–H groups in total. The number of nitrogens with zero attached hydrogens (tertiary/aromatic N) is 3. The number of fused-ring (bicyclic) bond motifs is 1. The normalized spacial score (nSPS) is 15.6. The van der Waals surface area contributed by atoms with Crippen molar-refractivity contribution in [2.75, 3.05) is 27.2 Å². The molecular weight excluding hydrogens is 316 g/mol. The molecular formula is C19H28N4O2. The van der Waals surface area contributed by atoms with E-state index in [1.54, 1.807) is 13.4 Å². The number of amides is 1. The minimum absolute atomic E-state index is 0.0205. The number of aromatic nitrogens is 2. The monoisotopic (exact) mass is 344 g/mol. The Morgan fingerprint density at radius 3 is 2.92 bits per heavy atom. The molecule has 2 aromatic rings. The van der Waals surface area contributed by atoms with Crippen LogP contribution < -0.4 is 10.1 Å². The van der Waals surface area contributed by atoms with Gasteiger partial charge in [0.2, 0.25) is 5.91 Å². The number of ether oxygens (including phenoxy) is 1. The Hall–Kier alpha value is -2.08. The fraction of sp³-hybridized carbons (Fsp3) is 0.579. The molecule has 1 aliphatic rings. The van der Waals surface area contributed by atoms with Gasteiger partial charge in [-0.25, -0.2) is 4.98 Å². The van der Waals surface area contributed by atoms with Crippen molar-refractivity contribution in [1.29, 1.82) is 0 Å². The summed E-state index contributed by atoms with van der Waals surface area (Å²) in [6.45, 7) is 1.88. The second kappa shape index (κ2) is 8.34. The van der Waals surface area contributed by atoms with Gasteiger partial charge < -0.3 is 19.5 Å². The molecule has 136 valence electrons. The Bertz CT molecular complexity index is 707. The van der Waals surface area contributed by atoms with E-state index in [9.17, 15) is 4.79 Å². The molecule has 3 rings (SSSR count). The summed E-state index contributed by atoms with van der Waals surface area (Å²) in [6.07, 6.45) is 8.31. The third-order valence-corrected chi connectivity index (χ3v) is 5.13. The summed E-state index contributed by atoms with van der Waals surface area (Å²) in [4.78, 5) is 19.0. The van der Waals surface area contributed by atoms with Crippen molar-refractivity contribution < 1.29 is 9.53 Å². The minimum atomic E-state index is 0.0205. The zero-order valence-corrected chi connectivity index (χ0v) is 15.2. The van der Waals surface area contributed by atoms with Gasteiger partial charge in [0.1, 0.15) is 12.3 Å². The quantitative estimate of drug-likeness (QED) is 0.838. The summed E-state index contributed by atoms with van der Waals surface area (Å²) in [5.74, 6) is 0.792. The summed E-state index contributed by atoms with van der Waals surface area (Å²) < 4.78 is 7.07. The Balaban J connectivity index is 1.47. The smallest absolute Gasteiger partial charge is 0.240 e. The number of methoxy groups -OCH3 is 1. The molecule has 0 aliphatic heterocycles. The van der Waals surface area contributed by atoms with E-state index in [0.717, 1.165) is 23.3 Å². The maximum atomic E-state index is 12.2. The molecule has 6 nitrogen and oxygen atoms in total. The fourth-order valence-corrected chi connectivity index (χ4v) is 3.58. The molecule has 1 aromatic heterocycles. The van der Waals surface area contributed by atoms with Crippen LogP contribution in [0, 0.1) is 0 Å². The SMILES string of the molecule is COc1ccc2c(c1)ncn2CC(=O)NCCN(C)C1CCCCC1. The van der Waals surface area contributed by atoms with Crippen LogP contribution in [0.3, 0.4) is 0 Å². The van der Waals surface area contributed by atoms with Gasteiger partial charge in [0.05, 0.1) is 24.5 Å². The number of benzene rings is 1. The second-order valence-electron chi connectivity index (χ2n) is 6.85. The van der Waals surface area contributed by atoms with Gasteiger partial charge in [-0.2, -0.15) is 0 Å². The standard InChI is InChI=1S/C19H28N4O2/c1-22(15-6-4-3-5-7-15)11-10-20-19(24)13-23-14-21-17-12-16(25-2)8-9-18(17)23/h8-9,12,14-15H,3-7,10-11,13H2,1-2H3,(H,20,24). The third kappa shape index (κ3) is 4.51. The highest BCUT2D eigenvalue weighted by Gasteiger charge is 2.17. The van der Waals surface area contributed by atoms with Crippen molar-refractivity contribution in [2.45, 2.75) is 44.7 Å². The van der Waals surface area contributed by atoms with Crippen LogP contribution in [0.2, 0.25) is 0 Å². The molecule has 0 atom stereocenters. The van der Waals surface area contributed by atoms with Crippen LogP contribution in [0.4, 0.5) is 0 Å². The maximum Gasteiger partial charge on any atom is 0.240 e. The molecule has 0 unspecified atom stereocenters. The second-order valence-corrected chi connectivity index (χ2v) is 6.85. The summed E-state index contributed by atoms with van der Waals surface area (Å²) in [5, 5.41) is 3.02. The summed E-state index contributed by atoms with van der Waals surface area (Å²) in [6, 6.07) is 6.38. The highest BCUT2D eigenvalue weighted by Crippen LogP contribution is 2.21. The van der Waals surface area contributed by atoms with Gasteiger partial charge >= 0.3 is 0 Å². The topological polar surface area (TPSA) is 59.4 Å². The zero-order valence-electron chi connectivity index (χ0n) is 15.2. The van der Waals surface area contributed by atoms with Crippen molar-refractivity contribution in [3.8, 4) is 5.75 Å². The van der Waals surface area contributed by atoms with Gasteiger partial charge in [-0.3, -0.25) is 4.79 Å². The Kier molecular flexibility index (Phi) is 5.91. The van der Waals surface area contributed by atoms with Crippen molar-refractivity contribution in [2.24, 2.45) is 0 Å². The molecule has 1 aliphatic carbocycles. The molecule has 1 saturated carbocycles. The molecule has 0 saturated heterocycles. The van der Waals surface area contributed by atoms with Crippen molar-refractivity contribution >= 4 is 16.9 Å². The molecule has 1 aromatic carbocycles. The Labute approximate surface area is 149 Å². The van der Waals surface area contributed by atoms with E-state index in [-0.39, 0.29) is 12.5 Å². The lowest BCUT2D eigenvalue weighted by Gasteiger charge is -2.31. The third-order valence-electron chi connectivity index (χ3n) is 5.13. The number of carbonyl (C=O) groups excluding carboxylic acids is 1. The molecule has 0 bridgehead atoms. The Morgan fingerprint density at radius 2 is 2.16 bits per heavy atom. The van der Waals surface area contributed by atoms with Gasteiger partial charge in [-0.1, -0.05) is 19.3 Å². The number of likely N-dealkylation sites (N-methyl/N-ethyl adjacent to an activating group) is 1. The molecule has 0 radical (unpaired) electrons. The van der Waals surface area contributed by atoms with Gasteiger partial charge in [0.15, 0.2) is 0 Å². The predicted octanol–water partition coefficient (Wildman–Crippen LogP) is 2.43. The lowest BCUT2D eigenvalue weighted by molar-refractivity contribution is -0.121. The molecule has 6 heteroatoms. The van der Waals surface area contributed by atoms with Crippen molar-refractivity contribution in [1.82, 2.24) is 19.8 Å². The summed E-state index contributed by atoms with van der Waals surface area (Å²) in [5.41, 5.74) is 1.78. The minimum Gasteiger partial charge on any atom is -0.497 e. The van der Waals surface area contributed by atoms with E-state index in [1.807, 2.05) is 22.8 Å². The number of nitrogens with one attached hydrogen (secondary N) is 1. The number of carbonyl (C=O) groups is 1. The van der Waals surface area contributed by atoms with Crippen LogP contribution in [0.5, 0.6) is 5.75 Å². The van der Waals surface area contributed by atoms with E-state index in [2.05, 4.69) is 22.2 Å². The lowest BCUT2D eigenvalue weighted by atomic mass is 9.94. The van der Waals surface area contributed by atoms with Gasteiger partial charge in [0, 0.05) is 25.2 Å². The van der Waals surface area contributed by atoms with Crippen LogP contribution in [0.15, 0.2) is 24.5 Å². The zero-order chi connectivity index (χ0) is 17.6. The van der Waals surface area contributed by atoms with Gasteiger partial charge in [0.25, 0.3) is 0 Å². The van der Waals surface area contributed by atoms with E-state index in [1.165, 1.54) is 32.1 Å². The first-order chi connectivity index (χ1) is 12.2. The largest absolute Gasteiger partial charge is 0.497 e. The fourth-order valence-electron chi connectivity index (χ4n) is 3.58. The Morgan fingerprint density at radius 1 is 1.36 bits per heavy atom. The number of rotatable bonds is 7. The number of hydrogen-bond donors (Lipinski definition) is 1. The van der Waals surface area contributed by atoms with Crippen LogP contribution in [0.25, 0.3) is 11.0 Å². The first kappa shape index (κ1) is 17.7. The first-order valence-corrected chi connectivity index (χ1v) is 9.13. The molecule has 1 heterocycles. The highest BCUT2D eigenvalue weighted by molar-refractivity contribution is 5.81. The van der Waals surface area contributed by atoms with Crippen LogP contribution >= 0.6 is 0 Å². The first-order valence-electron chi connectivity index (χ1n) is 9.13. The van der Waals surface area contributed by atoms with Crippen LogP contribution in [-0.2, 0) is 11.3 Å². The number of hydrogen-bond acceptors (Lipinski definition) is 4. The molecule has 0 spiro atoms. The van der Waals surface area contributed by atoms with Crippen molar-refractivity contribution in [3.63, 3.8) is 0 Å². The average Bonchev–Trinajstić information content (AvgIpc) is 3.04. The van der Waals surface area contributed by atoms with Gasteiger partial charge in [-0.15, -0.1) is 0 Å². The van der Waals surface area contributed by atoms with E-state index >= 15 is 0 Å². The predicted molar refractivity (Wildman–Crippen MR) is 98.8 cm³/mol. The summed E-state index contributed by atoms with van der Waals surface area (Å²) in [7, 11) is 3.80.